The molecule has 3 rings (SSSR count). The molecule has 33 heavy (non-hydrogen) atoms. The molecule has 1 atom stereocenters. The Morgan fingerprint density at radius 3 is 2.55 bits per heavy atom. The fourth-order valence-electron chi connectivity index (χ4n) is 4.67. The normalized spacial score (nSPS) is 19.7. The van der Waals surface area contributed by atoms with Crippen molar-refractivity contribution in [2.24, 2.45) is 5.41 Å². The van der Waals surface area contributed by atoms with Crippen LogP contribution in [0.4, 0.5) is 0 Å². The Hall–Kier alpha value is -2.80. The smallest absolute Gasteiger partial charge is 0.336 e. The van der Waals surface area contributed by atoms with Gasteiger partial charge in [-0.25, -0.2) is 4.79 Å². The van der Waals surface area contributed by atoms with E-state index in [4.69, 9.17) is 18.9 Å². The monoisotopic (exact) mass is 457 g/mol. The van der Waals surface area contributed by atoms with Crippen molar-refractivity contribution in [2.75, 3.05) is 34.0 Å². The summed E-state index contributed by atoms with van der Waals surface area (Å²) in [5.41, 5.74) is 3.07. The van der Waals surface area contributed by atoms with E-state index < -0.39 is 11.9 Å². The third-order valence-electron chi connectivity index (χ3n) is 6.01. The van der Waals surface area contributed by atoms with Crippen LogP contribution in [0.1, 0.15) is 58.4 Å². The summed E-state index contributed by atoms with van der Waals surface area (Å²) < 4.78 is 22.2. The van der Waals surface area contributed by atoms with Crippen LogP contribution in [-0.4, -0.2) is 45.8 Å². The van der Waals surface area contributed by atoms with Crippen LogP contribution < -0.4 is 14.8 Å². The average Bonchev–Trinajstić information content (AvgIpc) is 2.76. The Bertz CT molecular complexity index is 975. The molecule has 0 radical (unpaired) electrons. The molecular weight excluding hydrogens is 422 g/mol. The second-order valence-corrected chi connectivity index (χ2v) is 9.26. The van der Waals surface area contributed by atoms with E-state index in [2.05, 4.69) is 19.2 Å². The van der Waals surface area contributed by atoms with Crippen molar-refractivity contribution in [3.63, 3.8) is 0 Å². The van der Waals surface area contributed by atoms with E-state index >= 15 is 0 Å². The van der Waals surface area contributed by atoms with Crippen molar-refractivity contribution in [3.8, 4) is 11.5 Å². The van der Waals surface area contributed by atoms with E-state index in [1.807, 2.05) is 26.0 Å². The van der Waals surface area contributed by atoms with Gasteiger partial charge in [-0.3, -0.25) is 4.79 Å². The van der Waals surface area contributed by atoms with Crippen LogP contribution in [0.15, 0.2) is 40.7 Å². The molecule has 0 saturated carbocycles. The van der Waals surface area contributed by atoms with Crippen LogP contribution in [0, 0.1) is 5.41 Å². The molecule has 0 unspecified atom stereocenters. The number of carbonyl (C=O) groups is 2. The van der Waals surface area contributed by atoms with Crippen LogP contribution in [0.25, 0.3) is 0 Å². The van der Waals surface area contributed by atoms with Gasteiger partial charge in [0.1, 0.15) is 6.61 Å². The van der Waals surface area contributed by atoms with Gasteiger partial charge in [-0.1, -0.05) is 32.9 Å². The molecule has 7 heteroatoms. The molecule has 7 nitrogen and oxygen atoms in total. The molecule has 1 aromatic carbocycles. The van der Waals surface area contributed by atoms with Gasteiger partial charge in [0.05, 0.1) is 32.3 Å². The number of carbonyl (C=O) groups excluding carboxylic acids is 2. The fourth-order valence-corrected chi connectivity index (χ4v) is 4.67. The number of hydrogen-bond donors (Lipinski definition) is 1. The summed E-state index contributed by atoms with van der Waals surface area (Å²) in [6, 6.07) is 5.51. The molecule has 0 fully saturated rings. The topological polar surface area (TPSA) is 83.1 Å². The standard InChI is InChI=1S/C26H35NO6/c1-7-11-32-12-13-33-25(29)21-16(2)27-18-14-26(3,4)15-19(28)23(18)22(21)17-9-8-10-20(30-5)24(17)31-6/h8-10,22,27H,7,11-15H2,1-6H3/t22-/m0/s1. The zero-order valence-electron chi connectivity index (χ0n) is 20.5. The molecular formula is C26H35NO6. The summed E-state index contributed by atoms with van der Waals surface area (Å²) in [6.45, 7) is 9.11. The van der Waals surface area contributed by atoms with Crippen molar-refractivity contribution in [2.45, 2.75) is 52.9 Å². The summed E-state index contributed by atoms with van der Waals surface area (Å²) in [5, 5.41) is 3.35. The first-order chi connectivity index (χ1) is 15.7. The molecule has 0 amide bonds. The zero-order chi connectivity index (χ0) is 24.2. The van der Waals surface area contributed by atoms with E-state index in [1.165, 1.54) is 0 Å². The highest BCUT2D eigenvalue weighted by Gasteiger charge is 2.44. The number of esters is 1. The van der Waals surface area contributed by atoms with Gasteiger partial charge in [0, 0.05) is 35.6 Å². The van der Waals surface area contributed by atoms with Crippen LogP contribution in [0.3, 0.4) is 0 Å². The first kappa shape index (κ1) is 24.8. The molecule has 0 saturated heterocycles. The molecule has 1 N–H and O–H groups in total. The van der Waals surface area contributed by atoms with Gasteiger partial charge in [0.25, 0.3) is 0 Å². The summed E-state index contributed by atoms with van der Waals surface area (Å²) in [4.78, 5) is 26.7. The first-order valence-electron chi connectivity index (χ1n) is 11.4. The number of para-hydroxylation sites is 1. The molecule has 1 aliphatic heterocycles. The van der Waals surface area contributed by atoms with Crippen molar-refractivity contribution >= 4 is 11.8 Å². The van der Waals surface area contributed by atoms with Crippen molar-refractivity contribution in [3.05, 3.63) is 46.3 Å². The fraction of sp³-hybridized carbons (Fsp3) is 0.538. The van der Waals surface area contributed by atoms with E-state index in [0.29, 0.717) is 60.0 Å². The van der Waals surface area contributed by atoms with E-state index in [0.717, 1.165) is 12.1 Å². The Morgan fingerprint density at radius 1 is 1.12 bits per heavy atom. The van der Waals surface area contributed by atoms with E-state index in [-0.39, 0.29) is 17.8 Å². The van der Waals surface area contributed by atoms with Gasteiger partial charge in [-0.05, 0) is 31.2 Å². The average molecular weight is 458 g/mol. The maximum absolute atomic E-state index is 13.4. The minimum absolute atomic E-state index is 0.0210. The Labute approximate surface area is 196 Å². The number of nitrogens with one attached hydrogen (secondary N) is 1. The molecule has 1 aliphatic carbocycles. The quantitative estimate of drug-likeness (QED) is 0.438. The number of dihydropyridines is 1. The number of ketones is 1. The van der Waals surface area contributed by atoms with Gasteiger partial charge < -0.3 is 24.3 Å². The number of benzene rings is 1. The van der Waals surface area contributed by atoms with Crippen molar-refractivity contribution < 1.29 is 28.5 Å². The van der Waals surface area contributed by atoms with Crippen molar-refractivity contribution in [1.29, 1.82) is 0 Å². The second kappa shape index (κ2) is 10.4. The Kier molecular flexibility index (Phi) is 7.84. The Balaban J connectivity index is 2.08. The number of rotatable bonds is 9. The van der Waals surface area contributed by atoms with Crippen molar-refractivity contribution in [1.82, 2.24) is 5.32 Å². The van der Waals surface area contributed by atoms with Gasteiger partial charge in [0.15, 0.2) is 17.3 Å². The van der Waals surface area contributed by atoms with Gasteiger partial charge in [0.2, 0.25) is 0 Å². The van der Waals surface area contributed by atoms with Crippen LogP contribution in [0.5, 0.6) is 11.5 Å². The molecule has 0 aromatic heterocycles. The summed E-state index contributed by atoms with van der Waals surface area (Å²) in [6.07, 6.45) is 2.01. The van der Waals surface area contributed by atoms with Crippen LogP contribution in [0.2, 0.25) is 0 Å². The number of allylic oxidation sites excluding steroid dienone is 3. The lowest BCUT2D eigenvalue weighted by Crippen LogP contribution is -2.39. The third kappa shape index (κ3) is 5.24. The zero-order valence-corrected chi connectivity index (χ0v) is 20.5. The van der Waals surface area contributed by atoms with E-state index in [9.17, 15) is 9.59 Å². The molecule has 2 aliphatic rings. The maximum atomic E-state index is 13.4. The highest BCUT2D eigenvalue weighted by Crippen LogP contribution is 2.50. The highest BCUT2D eigenvalue weighted by molar-refractivity contribution is 6.04. The minimum Gasteiger partial charge on any atom is -0.493 e. The molecule has 1 heterocycles. The lowest BCUT2D eigenvalue weighted by Gasteiger charge is -2.39. The van der Waals surface area contributed by atoms with Gasteiger partial charge in [-0.2, -0.15) is 0 Å². The number of methoxy groups -OCH3 is 2. The Morgan fingerprint density at radius 2 is 1.88 bits per heavy atom. The second-order valence-electron chi connectivity index (χ2n) is 9.26. The lowest BCUT2D eigenvalue weighted by atomic mass is 9.68. The summed E-state index contributed by atoms with van der Waals surface area (Å²) in [5.74, 6) is -0.0239. The largest absolute Gasteiger partial charge is 0.493 e. The molecule has 0 bridgehead atoms. The number of Topliss-reactive ketones (excluding diaryl/α,β-unsaturated/α-hetero) is 1. The van der Waals surface area contributed by atoms with Crippen LogP contribution in [-0.2, 0) is 19.1 Å². The molecule has 0 spiro atoms. The predicted octanol–water partition coefficient (Wildman–Crippen LogP) is 4.28. The highest BCUT2D eigenvalue weighted by atomic mass is 16.6. The minimum atomic E-state index is -0.612. The lowest BCUT2D eigenvalue weighted by molar-refractivity contribution is -0.141. The predicted molar refractivity (Wildman–Crippen MR) is 125 cm³/mol. The molecule has 180 valence electrons. The third-order valence-corrected chi connectivity index (χ3v) is 6.01. The summed E-state index contributed by atoms with van der Waals surface area (Å²) in [7, 11) is 3.12. The van der Waals surface area contributed by atoms with Crippen LogP contribution >= 0.6 is 0 Å². The van der Waals surface area contributed by atoms with Gasteiger partial charge >= 0.3 is 5.97 Å². The number of ether oxygens (including phenoxy) is 4. The summed E-state index contributed by atoms with van der Waals surface area (Å²) >= 11 is 0. The SMILES string of the molecule is CCCOCCOC(=O)C1=C(C)NC2=C(C(=O)CC(C)(C)C2)[C@H]1c1cccc(OC)c1OC. The van der Waals surface area contributed by atoms with E-state index in [1.54, 1.807) is 20.3 Å². The maximum Gasteiger partial charge on any atom is 0.336 e. The van der Waals surface area contributed by atoms with Gasteiger partial charge in [-0.15, -0.1) is 0 Å². The first-order valence-corrected chi connectivity index (χ1v) is 11.4. The number of hydrogen-bond acceptors (Lipinski definition) is 7. The molecule has 1 aromatic rings.